The van der Waals surface area contributed by atoms with Crippen LogP contribution in [-0.4, -0.2) is 20.7 Å². The van der Waals surface area contributed by atoms with Gasteiger partial charge in [-0.3, -0.25) is 4.79 Å². The van der Waals surface area contributed by atoms with Crippen molar-refractivity contribution in [2.45, 2.75) is 20.8 Å². The molecule has 4 rings (SSSR count). The lowest BCUT2D eigenvalue weighted by molar-refractivity contribution is 0.101. The minimum absolute atomic E-state index is 0.130. The first kappa shape index (κ1) is 18.6. The maximum absolute atomic E-state index is 12.9. The predicted octanol–water partition coefficient (Wildman–Crippen LogP) is 5.11. The molecule has 4 aromatic rings. The number of aryl methyl sites for hydroxylation is 3. The van der Waals surface area contributed by atoms with Crippen molar-refractivity contribution in [3.8, 4) is 17.1 Å². The number of carbonyl (C=O) groups excluding carboxylic acids is 1. The summed E-state index contributed by atoms with van der Waals surface area (Å²) >= 11 is 0. The van der Waals surface area contributed by atoms with Gasteiger partial charge in [0.15, 0.2) is 5.82 Å². The summed E-state index contributed by atoms with van der Waals surface area (Å²) in [5.41, 5.74) is 5.74. The van der Waals surface area contributed by atoms with Crippen LogP contribution < -0.4 is 5.32 Å². The summed E-state index contributed by atoms with van der Waals surface area (Å²) in [6.07, 6.45) is 0. The second-order valence-corrected chi connectivity index (χ2v) is 7.14. The van der Waals surface area contributed by atoms with Gasteiger partial charge in [-0.25, -0.2) is 9.67 Å². The molecule has 5 nitrogen and oxygen atoms in total. The molecule has 5 heteroatoms. The molecule has 0 radical (unpaired) electrons. The molecule has 1 heterocycles. The van der Waals surface area contributed by atoms with Crippen LogP contribution in [0.1, 0.15) is 27.3 Å². The Hall–Kier alpha value is -3.73. The minimum Gasteiger partial charge on any atom is -0.319 e. The number of hydrogen-bond donors (Lipinski definition) is 1. The fourth-order valence-corrected chi connectivity index (χ4v) is 3.10. The fraction of sp³-hybridized carbons (Fsp3) is 0.125. The van der Waals surface area contributed by atoms with E-state index in [9.17, 15) is 4.79 Å². The molecule has 0 saturated heterocycles. The second-order valence-electron chi connectivity index (χ2n) is 7.14. The highest BCUT2D eigenvalue weighted by molar-refractivity contribution is 6.02. The third kappa shape index (κ3) is 3.94. The van der Waals surface area contributed by atoms with E-state index in [-0.39, 0.29) is 11.7 Å². The zero-order valence-corrected chi connectivity index (χ0v) is 16.7. The Balaban J connectivity index is 1.75. The van der Waals surface area contributed by atoms with Crippen molar-refractivity contribution in [1.82, 2.24) is 14.8 Å². The molecule has 0 aliphatic rings. The maximum Gasteiger partial charge on any atom is 0.295 e. The van der Waals surface area contributed by atoms with Crippen LogP contribution in [0.15, 0.2) is 72.8 Å². The Bertz CT molecular complexity index is 1160. The number of nitrogens with one attached hydrogen (secondary N) is 1. The van der Waals surface area contributed by atoms with Crippen LogP contribution >= 0.6 is 0 Å². The highest BCUT2D eigenvalue weighted by Gasteiger charge is 2.19. The van der Waals surface area contributed by atoms with E-state index in [4.69, 9.17) is 0 Å². The van der Waals surface area contributed by atoms with Crippen molar-refractivity contribution < 1.29 is 4.79 Å². The monoisotopic (exact) mass is 382 g/mol. The number of aromatic nitrogens is 3. The molecule has 0 aliphatic carbocycles. The Labute approximate surface area is 170 Å². The lowest BCUT2D eigenvalue weighted by Crippen LogP contribution is -2.15. The van der Waals surface area contributed by atoms with Gasteiger partial charge >= 0.3 is 0 Å². The number of anilines is 1. The zero-order valence-electron chi connectivity index (χ0n) is 16.7. The van der Waals surface area contributed by atoms with E-state index < -0.39 is 0 Å². The molecular weight excluding hydrogens is 360 g/mol. The molecule has 29 heavy (non-hydrogen) atoms. The number of carbonyl (C=O) groups is 1. The van der Waals surface area contributed by atoms with Crippen molar-refractivity contribution in [2.75, 3.05) is 5.32 Å². The molecule has 3 aromatic carbocycles. The number of nitrogens with zero attached hydrogens (tertiary/aromatic N) is 3. The zero-order chi connectivity index (χ0) is 20.4. The molecule has 0 spiro atoms. The van der Waals surface area contributed by atoms with Gasteiger partial charge in [-0.15, -0.1) is 5.10 Å². The Morgan fingerprint density at radius 2 is 1.55 bits per heavy atom. The predicted molar refractivity (Wildman–Crippen MR) is 115 cm³/mol. The normalized spacial score (nSPS) is 10.7. The van der Waals surface area contributed by atoms with Crippen LogP contribution in [0.4, 0.5) is 5.69 Å². The number of para-hydroxylation sites is 1. The summed E-state index contributed by atoms with van der Waals surface area (Å²) in [7, 11) is 0. The molecule has 0 bridgehead atoms. The summed E-state index contributed by atoms with van der Waals surface area (Å²) in [6.45, 7) is 5.99. The molecule has 1 N–H and O–H groups in total. The van der Waals surface area contributed by atoms with E-state index in [0.29, 0.717) is 5.82 Å². The highest BCUT2D eigenvalue weighted by Crippen LogP contribution is 2.23. The molecule has 144 valence electrons. The molecule has 1 amide bonds. The van der Waals surface area contributed by atoms with Crippen LogP contribution in [0.2, 0.25) is 0 Å². The molecule has 0 saturated carbocycles. The molecular formula is C24H22N4O. The second kappa shape index (κ2) is 7.72. The number of hydrogen-bond acceptors (Lipinski definition) is 3. The highest BCUT2D eigenvalue weighted by atomic mass is 16.2. The lowest BCUT2D eigenvalue weighted by atomic mass is 10.1. The van der Waals surface area contributed by atoms with Gasteiger partial charge in [0, 0.05) is 11.3 Å². The Morgan fingerprint density at radius 3 is 2.28 bits per heavy atom. The Kier molecular flexibility index (Phi) is 4.96. The quantitative estimate of drug-likeness (QED) is 0.533. The fourth-order valence-electron chi connectivity index (χ4n) is 3.10. The van der Waals surface area contributed by atoms with Gasteiger partial charge in [0.05, 0.1) is 5.69 Å². The first-order valence-corrected chi connectivity index (χ1v) is 9.49. The number of amides is 1. The average molecular weight is 382 g/mol. The van der Waals surface area contributed by atoms with E-state index in [0.717, 1.165) is 33.6 Å². The minimum atomic E-state index is -0.332. The summed E-state index contributed by atoms with van der Waals surface area (Å²) in [4.78, 5) is 17.5. The molecule has 0 fully saturated rings. The average Bonchev–Trinajstić information content (AvgIpc) is 3.17. The molecule has 0 aliphatic heterocycles. The summed E-state index contributed by atoms with van der Waals surface area (Å²) in [6, 6.07) is 23.7. The first-order valence-electron chi connectivity index (χ1n) is 9.49. The van der Waals surface area contributed by atoms with Crippen molar-refractivity contribution in [2.24, 2.45) is 0 Å². The first-order chi connectivity index (χ1) is 14.0. The van der Waals surface area contributed by atoms with Gasteiger partial charge in [0.2, 0.25) is 5.82 Å². The van der Waals surface area contributed by atoms with Gasteiger partial charge in [-0.2, -0.15) is 0 Å². The van der Waals surface area contributed by atoms with Crippen LogP contribution in [0.25, 0.3) is 17.1 Å². The van der Waals surface area contributed by atoms with Crippen molar-refractivity contribution >= 4 is 11.6 Å². The standard InChI is InChI=1S/C24H22N4O/c1-16-10-13-19(14-11-16)23-26-22(27-28(23)20-7-5-4-6-8-20)24(29)25-21-15-17(2)9-12-18(21)3/h4-15H,1-3H3,(H,25,29). The number of rotatable bonds is 4. The summed E-state index contributed by atoms with van der Waals surface area (Å²) < 4.78 is 1.71. The number of benzene rings is 3. The van der Waals surface area contributed by atoms with Crippen molar-refractivity contribution in [1.29, 1.82) is 0 Å². The smallest absolute Gasteiger partial charge is 0.295 e. The van der Waals surface area contributed by atoms with Gasteiger partial charge in [0.1, 0.15) is 0 Å². The van der Waals surface area contributed by atoms with Crippen LogP contribution in [0.5, 0.6) is 0 Å². The lowest BCUT2D eigenvalue weighted by Gasteiger charge is -2.07. The van der Waals surface area contributed by atoms with Gasteiger partial charge in [-0.1, -0.05) is 60.2 Å². The van der Waals surface area contributed by atoms with Crippen LogP contribution in [0, 0.1) is 20.8 Å². The summed E-state index contributed by atoms with van der Waals surface area (Å²) in [5, 5.41) is 7.46. The van der Waals surface area contributed by atoms with Gasteiger partial charge < -0.3 is 5.32 Å². The molecule has 0 unspecified atom stereocenters. The topological polar surface area (TPSA) is 59.8 Å². The maximum atomic E-state index is 12.9. The van der Waals surface area contributed by atoms with E-state index in [2.05, 4.69) is 15.4 Å². The Morgan fingerprint density at radius 1 is 0.862 bits per heavy atom. The van der Waals surface area contributed by atoms with Crippen LogP contribution in [-0.2, 0) is 0 Å². The molecule has 1 aromatic heterocycles. The summed E-state index contributed by atoms with van der Waals surface area (Å²) in [5.74, 6) is 0.425. The van der Waals surface area contributed by atoms with E-state index in [1.807, 2.05) is 93.6 Å². The SMILES string of the molecule is Cc1ccc(-c2nc(C(=O)Nc3cc(C)ccc3C)nn2-c2ccccc2)cc1. The third-order valence-corrected chi connectivity index (χ3v) is 4.76. The van der Waals surface area contributed by atoms with Gasteiger partial charge in [-0.05, 0) is 50.1 Å². The largest absolute Gasteiger partial charge is 0.319 e. The van der Waals surface area contributed by atoms with Crippen molar-refractivity contribution in [3.63, 3.8) is 0 Å². The third-order valence-electron chi connectivity index (χ3n) is 4.76. The van der Waals surface area contributed by atoms with Crippen LogP contribution in [0.3, 0.4) is 0 Å². The van der Waals surface area contributed by atoms with E-state index in [1.165, 1.54) is 0 Å². The van der Waals surface area contributed by atoms with Gasteiger partial charge in [0.25, 0.3) is 5.91 Å². The molecule has 0 atom stereocenters. The van der Waals surface area contributed by atoms with Crippen molar-refractivity contribution in [3.05, 3.63) is 95.3 Å². The van der Waals surface area contributed by atoms with E-state index in [1.54, 1.807) is 4.68 Å². The van der Waals surface area contributed by atoms with E-state index >= 15 is 0 Å².